The fourth-order valence-electron chi connectivity index (χ4n) is 4.53. The monoisotopic (exact) mass is 502 g/mol. The Morgan fingerprint density at radius 2 is 1.66 bits per heavy atom. The molecule has 0 saturated carbocycles. The molecule has 0 bridgehead atoms. The van der Waals surface area contributed by atoms with Gasteiger partial charge in [0.05, 0.1) is 33.7 Å². The number of aliphatic imine (C=N–C) groups is 2. The molecule has 0 N–H and O–H groups in total. The van der Waals surface area contributed by atoms with Crippen LogP contribution in [0.4, 0.5) is 22.9 Å². The number of non-ortho nitro benzene ring substituents is 1. The minimum Gasteiger partial charge on any atom is -0.310 e. The van der Waals surface area contributed by atoms with Gasteiger partial charge in [0.15, 0.2) is 16.8 Å². The Bertz CT molecular complexity index is 1560. The lowest BCUT2D eigenvalue weighted by molar-refractivity contribution is -0.384. The number of hydrogen-bond donors (Lipinski definition) is 0. The van der Waals surface area contributed by atoms with Crippen molar-refractivity contribution in [1.82, 2.24) is 9.78 Å². The van der Waals surface area contributed by atoms with E-state index >= 15 is 0 Å². The van der Waals surface area contributed by atoms with Crippen LogP contribution in [0.25, 0.3) is 5.69 Å². The van der Waals surface area contributed by atoms with Crippen LogP contribution in [-0.4, -0.2) is 25.7 Å². The SMILES string of the molecule is Cc1nn(-c2ccc([N+](=O)[O-])cc2)c2c1C(c1ccc(Cl)cc1)N1C(=N2)C(Cl)=Nc2ccccc21. The van der Waals surface area contributed by atoms with Gasteiger partial charge in [0, 0.05) is 22.7 Å². The molecule has 8 nitrogen and oxygen atoms in total. The molecule has 0 spiro atoms. The van der Waals surface area contributed by atoms with Gasteiger partial charge in [-0.2, -0.15) is 5.10 Å². The second-order valence-corrected chi connectivity index (χ2v) is 8.95. The van der Waals surface area contributed by atoms with Crippen LogP contribution in [0.15, 0.2) is 82.8 Å². The second-order valence-electron chi connectivity index (χ2n) is 8.16. The molecule has 6 rings (SSSR count). The van der Waals surface area contributed by atoms with Crippen molar-refractivity contribution in [3.05, 3.63) is 105 Å². The Morgan fingerprint density at radius 1 is 0.943 bits per heavy atom. The lowest BCUT2D eigenvalue weighted by Crippen LogP contribution is -2.42. The number of halogens is 2. The number of nitrogens with zero attached hydrogens (tertiary/aromatic N) is 6. The van der Waals surface area contributed by atoms with Crippen LogP contribution in [-0.2, 0) is 0 Å². The summed E-state index contributed by atoms with van der Waals surface area (Å²) in [5.41, 5.74) is 4.94. The van der Waals surface area contributed by atoms with Crippen LogP contribution < -0.4 is 4.90 Å². The van der Waals surface area contributed by atoms with Crippen molar-refractivity contribution in [2.75, 3.05) is 4.90 Å². The van der Waals surface area contributed by atoms with Crippen molar-refractivity contribution in [2.45, 2.75) is 13.0 Å². The number of rotatable bonds is 3. The minimum atomic E-state index is -0.433. The number of nitro groups is 1. The molecule has 10 heteroatoms. The first-order valence-electron chi connectivity index (χ1n) is 10.7. The first kappa shape index (κ1) is 21.5. The number of amidine groups is 1. The van der Waals surface area contributed by atoms with Crippen molar-refractivity contribution in [1.29, 1.82) is 0 Å². The highest BCUT2D eigenvalue weighted by atomic mass is 35.5. The molecule has 2 aliphatic heterocycles. The van der Waals surface area contributed by atoms with Crippen LogP contribution in [0.2, 0.25) is 5.02 Å². The molecule has 3 heterocycles. The number of fused-ring (bicyclic) bond motifs is 4. The van der Waals surface area contributed by atoms with Crippen LogP contribution in [0.5, 0.6) is 0 Å². The van der Waals surface area contributed by atoms with Crippen molar-refractivity contribution < 1.29 is 4.92 Å². The van der Waals surface area contributed by atoms with Gasteiger partial charge in [-0.15, -0.1) is 0 Å². The summed E-state index contributed by atoms with van der Waals surface area (Å²) in [7, 11) is 0. The summed E-state index contributed by atoms with van der Waals surface area (Å²) in [6.07, 6.45) is 0. The van der Waals surface area contributed by atoms with E-state index in [1.54, 1.807) is 16.8 Å². The first-order chi connectivity index (χ1) is 16.9. The average Bonchev–Trinajstić information content (AvgIpc) is 3.20. The Labute approximate surface area is 209 Å². The largest absolute Gasteiger partial charge is 0.310 e. The number of para-hydroxylation sites is 2. The number of benzene rings is 3. The number of anilines is 1. The summed E-state index contributed by atoms with van der Waals surface area (Å²) in [5, 5.41) is 16.8. The van der Waals surface area contributed by atoms with E-state index in [0.717, 1.165) is 28.2 Å². The van der Waals surface area contributed by atoms with Crippen molar-refractivity contribution in [3.63, 3.8) is 0 Å². The van der Waals surface area contributed by atoms with E-state index < -0.39 is 4.92 Å². The molecule has 0 saturated heterocycles. The zero-order valence-corrected chi connectivity index (χ0v) is 19.8. The smallest absolute Gasteiger partial charge is 0.269 e. The second kappa shape index (κ2) is 8.04. The summed E-state index contributed by atoms with van der Waals surface area (Å²) in [6.45, 7) is 1.93. The molecular formula is C25H16Cl2N6O2. The van der Waals surface area contributed by atoms with Gasteiger partial charge < -0.3 is 4.90 Å². The molecular weight excluding hydrogens is 487 g/mol. The molecule has 1 atom stereocenters. The summed E-state index contributed by atoms with van der Waals surface area (Å²) in [5.74, 6) is 1.09. The van der Waals surface area contributed by atoms with Gasteiger partial charge in [0.25, 0.3) is 5.69 Å². The lowest BCUT2D eigenvalue weighted by Gasteiger charge is -2.39. The highest BCUT2D eigenvalue weighted by molar-refractivity contribution is 6.85. The van der Waals surface area contributed by atoms with Crippen molar-refractivity contribution in [2.24, 2.45) is 9.98 Å². The Morgan fingerprint density at radius 3 is 2.37 bits per heavy atom. The molecule has 35 heavy (non-hydrogen) atoms. The van der Waals surface area contributed by atoms with Gasteiger partial charge >= 0.3 is 0 Å². The third-order valence-electron chi connectivity index (χ3n) is 6.09. The predicted octanol–water partition coefficient (Wildman–Crippen LogP) is 6.66. The molecule has 172 valence electrons. The minimum absolute atomic E-state index is 0.00194. The standard InChI is InChI=1S/C25H16Cl2N6O2/c1-14-21-22(15-6-8-16(26)9-7-15)31-20-5-3-2-4-19(20)28-23(27)25(31)29-24(21)32(30-14)17-10-12-18(13-11-17)33(34)35/h2-13,22H,1H3. The lowest BCUT2D eigenvalue weighted by atomic mass is 9.94. The quantitative estimate of drug-likeness (QED) is 0.231. The fourth-order valence-corrected chi connectivity index (χ4v) is 4.88. The summed E-state index contributed by atoms with van der Waals surface area (Å²) < 4.78 is 1.69. The molecule has 0 radical (unpaired) electrons. The highest BCUT2D eigenvalue weighted by Crippen LogP contribution is 2.48. The van der Waals surface area contributed by atoms with E-state index in [2.05, 4.69) is 9.89 Å². The maximum atomic E-state index is 11.1. The van der Waals surface area contributed by atoms with E-state index in [4.69, 9.17) is 33.3 Å². The summed E-state index contributed by atoms with van der Waals surface area (Å²) >= 11 is 12.9. The van der Waals surface area contributed by atoms with Crippen molar-refractivity contribution >= 4 is 57.1 Å². The van der Waals surface area contributed by atoms with Crippen LogP contribution >= 0.6 is 23.2 Å². The fraction of sp³-hybridized carbons (Fsp3) is 0.0800. The zero-order chi connectivity index (χ0) is 24.3. The van der Waals surface area contributed by atoms with Gasteiger partial charge in [-0.3, -0.25) is 10.1 Å². The Kier molecular flexibility index (Phi) is 4.94. The molecule has 1 unspecified atom stereocenters. The van der Waals surface area contributed by atoms with E-state index in [0.29, 0.717) is 22.4 Å². The molecule has 0 aliphatic carbocycles. The van der Waals surface area contributed by atoms with Crippen LogP contribution in [0.3, 0.4) is 0 Å². The van der Waals surface area contributed by atoms with E-state index in [1.165, 1.54) is 12.1 Å². The number of hydrogen-bond acceptors (Lipinski definition) is 6. The number of nitro benzene ring substituents is 1. The first-order valence-corrected chi connectivity index (χ1v) is 11.5. The zero-order valence-electron chi connectivity index (χ0n) is 18.3. The molecule has 3 aromatic carbocycles. The summed E-state index contributed by atoms with van der Waals surface area (Å²) in [6, 6.07) is 21.3. The third kappa shape index (κ3) is 3.41. The molecule has 1 aromatic heterocycles. The van der Waals surface area contributed by atoms with Crippen LogP contribution in [0.1, 0.15) is 22.9 Å². The predicted molar refractivity (Wildman–Crippen MR) is 137 cm³/mol. The van der Waals surface area contributed by atoms with Gasteiger partial charge in [-0.25, -0.2) is 14.7 Å². The van der Waals surface area contributed by atoms with Crippen LogP contribution in [0, 0.1) is 17.0 Å². The summed E-state index contributed by atoms with van der Waals surface area (Å²) in [4.78, 5) is 22.2. The third-order valence-corrected chi connectivity index (χ3v) is 6.59. The highest BCUT2D eigenvalue weighted by Gasteiger charge is 2.40. The van der Waals surface area contributed by atoms with E-state index in [1.807, 2.05) is 55.5 Å². The van der Waals surface area contributed by atoms with E-state index in [-0.39, 0.29) is 16.9 Å². The average molecular weight is 503 g/mol. The van der Waals surface area contributed by atoms with Gasteiger partial charge in [0.2, 0.25) is 0 Å². The topological polar surface area (TPSA) is 88.9 Å². The number of aryl methyl sites for hydroxylation is 1. The van der Waals surface area contributed by atoms with Gasteiger partial charge in [-0.05, 0) is 48.9 Å². The Balaban J connectivity index is 1.61. The number of aromatic nitrogens is 2. The molecule has 0 fully saturated rings. The Hall–Kier alpha value is -4.01. The van der Waals surface area contributed by atoms with Gasteiger partial charge in [-0.1, -0.05) is 47.5 Å². The maximum absolute atomic E-state index is 11.1. The van der Waals surface area contributed by atoms with Gasteiger partial charge in [0.1, 0.15) is 0 Å². The normalized spacial score (nSPS) is 16.1. The maximum Gasteiger partial charge on any atom is 0.269 e. The van der Waals surface area contributed by atoms with E-state index in [9.17, 15) is 10.1 Å². The molecule has 0 amide bonds. The van der Waals surface area contributed by atoms with Crippen molar-refractivity contribution in [3.8, 4) is 5.69 Å². The molecule has 2 aliphatic rings. The molecule has 4 aromatic rings.